The number of carbonyl (C=O) groups excluding carboxylic acids is 2. The third kappa shape index (κ3) is 5.91. The van der Waals surface area contributed by atoms with Crippen LogP contribution in [0.25, 0.3) is 0 Å². The molecule has 6 heteroatoms. The van der Waals surface area contributed by atoms with E-state index in [9.17, 15) is 9.59 Å². The molecule has 0 saturated carbocycles. The van der Waals surface area contributed by atoms with Crippen LogP contribution in [0.15, 0.2) is 103 Å². The summed E-state index contributed by atoms with van der Waals surface area (Å²) >= 11 is 0. The molecule has 0 aliphatic heterocycles. The number of ether oxygens (including phenoxy) is 2. The van der Waals surface area contributed by atoms with Crippen LogP contribution >= 0.6 is 0 Å². The molecule has 0 aliphatic rings. The van der Waals surface area contributed by atoms with E-state index in [0.717, 1.165) is 11.1 Å². The zero-order valence-electron chi connectivity index (χ0n) is 20.2. The molecule has 0 heterocycles. The number of ketones is 1. The molecule has 36 heavy (non-hydrogen) atoms. The Bertz CT molecular complexity index is 1280. The van der Waals surface area contributed by atoms with Gasteiger partial charge in [-0.2, -0.15) is 0 Å². The minimum atomic E-state index is -0.486. The summed E-state index contributed by atoms with van der Waals surface area (Å²) in [5, 5.41) is 5.66. The lowest BCUT2D eigenvalue weighted by Crippen LogP contribution is -2.21. The van der Waals surface area contributed by atoms with Gasteiger partial charge in [-0.1, -0.05) is 79.7 Å². The molecule has 0 aliphatic carbocycles. The molecule has 0 bridgehead atoms. The number of amides is 2. The van der Waals surface area contributed by atoms with Gasteiger partial charge < -0.3 is 20.1 Å². The summed E-state index contributed by atoms with van der Waals surface area (Å²) < 4.78 is 11.8. The molecule has 4 rings (SSSR count). The highest BCUT2D eigenvalue weighted by atomic mass is 16.5. The fourth-order valence-corrected chi connectivity index (χ4v) is 3.86. The molecular weight excluding hydrogens is 452 g/mol. The lowest BCUT2D eigenvalue weighted by molar-refractivity contribution is 0.0982. The van der Waals surface area contributed by atoms with E-state index in [0.29, 0.717) is 34.9 Å². The first kappa shape index (κ1) is 24.5. The van der Waals surface area contributed by atoms with Crippen molar-refractivity contribution in [1.82, 2.24) is 0 Å². The molecule has 2 N–H and O–H groups in total. The van der Waals surface area contributed by atoms with Gasteiger partial charge in [0.1, 0.15) is 11.9 Å². The summed E-state index contributed by atoms with van der Waals surface area (Å²) in [6.45, 7) is 1.80. The molecule has 0 fully saturated rings. The number of benzene rings is 4. The minimum absolute atomic E-state index is 0.0817. The van der Waals surface area contributed by atoms with Gasteiger partial charge in [-0.05, 0) is 35.4 Å². The van der Waals surface area contributed by atoms with Gasteiger partial charge in [0.15, 0.2) is 11.5 Å². The molecule has 2 amide bonds. The van der Waals surface area contributed by atoms with Crippen LogP contribution in [0.2, 0.25) is 0 Å². The fourth-order valence-electron chi connectivity index (χ4n) is 3.86. The first-order chi connectivity index (χ1) is 17.6. The summed E-state index contributed by atoms with van der Waals surface area (Å²) in [5.74, 6) is 0.866. The van der Waals surface area contributed by atoms with Gasteiger partial charge in [-0.15, -0.1) is 0 Å². The van der Waals surface area contributed by atoms with Crippen LogP contribution in [0.1, 0.15) is 40.9 Å². The van der Waals surface area contributed by atoms with E-state index >= 15 is 0 Å². The molecule has 0 aromatic heterocycles. The first-order valence-electron chi connectivity index (χ1n) is 11.7. The number of carbonyl (C=O) groups is 2. The lowest BCUT2D eigenvalue weighted by atomic mass is 10.0. The summed E-state index contributed by atoms with van der Waals surface area (Å²) in [6.07, 6.45) is -0.183. The maximum atomic E-state index is 12.9. The van der Waals surface area contributed by atoms with E-state index in [1.807, 2.05) is 60.7 Å². The number of para-hydroxylation sites is 1. The highest BCUT2D eigenvalue weighted by molar-refractivity contribution is 6.04. The van der Waals surface area contributed by atoms with Gasteiger partial charge in [-0.3, -0.25) is 4.79 Å². The van der Waals surface area contributed by atoms with Crippen molar-refractivity contribution in [3.05, 3.63) is 120 Å². The van der Waals surface area contributed by atoms with Crippen molar-refractivity contribution in [1.29, 1.82) is 0 Å². The Kier molecular flexibility index (Phi) is 7.98. The average Bonchev–Trinajstić information content (AvgIpc) is 2.92. The van der Waals surface area contributed by atoms with Crippen molar-refractivity contribution in [2.75, 3.05) is 17.7 Å². The van der Waals surface area contributed by atoms with Gasteiger partial charge in [0, 0.05) is 18.2 Å². The van der Waals surface area contributed by atoms with Crippen LogP contribution in [0.5, 0.6) is 11.5 Å². The summed E-state index contributed by atoms with van der Waals surface area (Å²) in [4.78, 5) is 25.8. The topological polar surface area (TPSA) is 76.7 Å². The van der Waals surface area contributed by atoms with Crippen LogP contribution in [-0.2, 0) is 0 Å². The Balaban J connectivity index is 1.70. The monoisotopic (exact) mass is 480 g/mol. The second kappa shape index (κ2) is 11.7. The highest BCUT2D eigenvalue weighted by Gasteiger charge is 2.23. The number of Topliss-reactive ketones (excluding diaryl/α,β-unsaturated/α-hetero) is 1. The molecule has 0 spiro atoms. The number of hydrogen-bond acceptors (Lipinski definition) is 4. The van der Waals surface area contributed by atoms with Crippen LogP contribution < -0.4 is 20.1 Å². The second-order valence-electron chi connectivity index (χ2n) is 8.09. The van der Waals surface area contributed by atoms with Crippen molar-refractivity contribution in [2.45, 2.75) is 19.4 Å². The van der Waals surface area contributed by atoms with Crippen molar-refractivity contribution >= 4 is 23.2 Å². The number of rotatable bonds is 9. The molecule has 0 atom stereocenters. The maximum absolute atomic E-state index is 12.9. The van der Waals surface area contributed by atoms with Crippen molar-refractivity contribution in [3.63, 3.8) is 0 Å². The first-order valence-corrected chi connectivity index (χ1v) is 11.7. The molecule has 182 valence electrons. The van der Waals surface area contributed by atoms with E-state index in [1.165, 1.54) is 0 Å². The third-order valence-corrected chi connectivity index (χ3v) is 5.65. The van der Waals surface area contributed by atoms with E-state index in [2.05, 4.69) is 10.6 Å². The number of anilines is 2. The van der Waals surface area contributed by atoms with Gasteiger partial charge in [0.2, 0.25) is 0 Å². The standard InChI is InChI=1S/C30H28N2O4/c1-3-27(33)25-18-11-19-26(32-30(34)31-23-16-10-17-24(20-23)35-2)29(25)36-28(21-12-6-4-7-13-21)22-14-8-5-9-15-22/h4-20,28H,3H2,1-2H3,(H2,31,32,34). The molecule has 6 nitrogen and oxygen atoms in total. The van der Waals surface area contributed by atoms with Crippen LogP contribution in [-0.4, -0.2) is 18.9 Å². The van der Waals surface area contributed by atoms with Crippen molar-refractivity contribution in [2.24, 2.45) is 0 Å². The number of hydrogen-bond donors (Lipinski definition) is 2. The van der Waals surface area contributed by atoms with E-state index in [-0.39, 0.29) is 5.78 Å². The number of urea groups is 1. The Morgan fingerprint density at radius 2 is 1.42 bits per heavy atom. The predicted molar refractivity (Wildman–Crippen MR) is 142 cm³/mol. The van der Waals surface area contributed by atoms with Gasteiger partial charge in [-0.25, -0.2) is 4.79 Å². The van der Waals surface area contributed by atoms with Crippen molar-refractivity contribution < 1.29 is 19.1 Å². The molecule has 4 aromatic carbocycles. The normalized spacial score (nSPS) is 10.5. The minimum Gasteiger partial charge on any atom is -0.497 e. The summed E-state index contributed by atoms with van der Waals surface area (Å²) in [6, 6.07) is 31.3. The Morgan fingerprint density at radius 1 is 0.778 bits per heavy atom. The van der Waals surface area contributed by atoms with Crippen LogP contribution in [0.3, 0.4) is 0 Å². The second-order valence-corrected chi connectivity index (χ2v) is 8.09. The van der Waals surface area contributed by atoms with Gasteiger partial charge >= 0.3 is 6.03 Å². The predicted octanol–water partition coefficient (Wildman–Crippen LogP) is 7.10. The molecule has 4 aromatic rings. The zero-order chi connectivity index (χ0) is 25.3. The molecule has 0 saturated heterocycles. The summed E-state index contributed by atoms with van der Waals surface area (Å²) in [5.41, 5.74) is 3.23. The Labute approximate surface area is 210 Å². The van der Waals surface area contributed by atoms with E-state index in [4.69, 9.17) is 9.47 Å². The summed E-state index contributed by atoms with van der Waals surface area (Å²) in [7, 11) is 1.56. The number of methoxy groups -OCH3 is 1. The Hall–Kier alpha value is -4.58. The molecule has 0 unspecified atom stereocenters. The van der Waals surface area contributed by atoms with Gasteiger partial charge in [0.05, 0.1) is 18.4 Å². The lowest BCUT2D eigenvalue weighted by Gasteiger charge is -2.24. The zero-order valence-corrected chi connectivity index (χ0v) is 20.2. The van der Waals surface area contributed by atoms with E-state index < -0.39 is 12.1 Å². The SMILES string of the molecule is CCC(=O)c1cccc(NC(=O)Nc2cccc(OC)c2)c1OC(c1ccccc1)c1ccccc1. The fraction of sp³-hybridized carbons (Fsp3) is 0.133. The largest absolute Gasteiger partial charge is 0.497 e. The smallest absolute Gasteiger partial charge is 0.323 e. The van der Waals surface area contributed by atoms with Crippen molar-refractivity contribution in [3.8, 4) is 11.5 Å². The maximum Gasteiger partial charge on any atom is 0.323 e. The highest BCUT2D eigenvalue weighted by Crippen LogP contribution is 2.36. The Morgan fingerprint density at radius 3 is 2.03 bits per heavy atom. The quantitative estimate of drug-likeness (QED) is 0.251. The van der Waals surface area contributed by atoms with Crippen LogP contribution in [0, 0.1) is 0 Å². The van der Waals surface area contributed by atoms with Gasteiger partial charge in [0.25, 0.3) is 0 Å². The van der Waals surface area contributed by atoms with Crippen LogP contribution in [0.4, 0.5) is 16.2 Å². The molecular formula is C30H28N2O4. The molecule has 0 radical (unpaired) electrons. The average molecular weight is 481 g/mol. The number of nitrogens with one attached hydrogen (secondary N) is 2. The third-order valence-electron chi connectivity index (χ3n) is 5.65. The van der Waals surface area contributed by atoms with E-state index in [1.54, 1.807) is 56.5 Å².